The van der Waals surface area contributed by atoms with Crippen molar-refractivity contribution >= 4 is 10.9 Å². The Bertz CT molecular complexity index is 832. The predicted molar refractivity (Wildman–Crippen MR) is 83.4 cm³/mol. The Labute approximate surface area is 132 Å². The highest BCUT2D eigenvalue weighted by atomic mass is 19.4. The lowest BCUT2D eigenvalue weighted by Gasteiger charge is -2.10. The smallest absolute Gasteiger partial charge is 0.416 e. The fourth-order valence-corrected chi connectivity index (χ4v) is 2.53. The number of fused-ring (bicyclic) bond motifs is 1. The van der Waals surface area contributed by atoms with Crippen LogP contribution in [0.15, 0.2) is 48.5 Å². The summed E-state index contributed by atoms with van der Waals surface area (Å²) in [5, 5.41) is 1.11. The molecule has 0 radical (unpaired) electrons. The third kappa shape index (κ3) is 3.18. The van der Waals surface area contributed by atoms with Crippen molar-refractivity contribution in [2.45, 2.75) is 19.7 Å². The van der Waals surface area contributed by atoms with Crippen molar-refractivity contribution in [1.82, 2.24) is 4.57 Å². The number of aryl methyl sites for hydroxylation is 2. The average Bonchev–Trinajstić information content (AvgIpc) is 2.81. The largest absolute Gasteiger partial charge is 0.487 e. The highest BCUT2D eigenvalue weighted by Gasteiger charge is 2.30. The molecule has 3 aromatic rings. The van der Waals surface area contributed by atoms with Crippen molar-refractivity contribution < 1.29 is 17.9 Å². The zero-order valence-corrected chi connectivity index (χ0v) is 12.8. The number of ether oxygens (including phenoxy) is 1. The van der Waals surface area contributed by atoms with Crippen LogP contribution in [0.25, 0.3) is 10.9 Å². The molecule has 0 N–H and O–H groups in total. The topological polar surface area (TPSA) is 14.2 Å². The summed E-state index contributed by atoms with van der Waals surface area (Å²) in [7, 11) is 1.95. The summed E-state index contributed by atoms with van der Waals surface area (Å²) in [6.07, 6.45) is -4.33. The molecular formula is C18H16F3NO. The number of rotatable bonds is 3. The van der Waals surface area contributed by atoms with Gasteiger partial charge < -0.3 is 9.30 Å². The maximum atomic E-state index is 12.5. The van der Waals surface area contributed by atoms with Gasteiger partial charge in [0.05, 0.1) is 11.3 Å². The molecule has 0 spiro atoms. The molecule has 2 aromatic carbocycles. The second-order valence-corrected chi connectivity index (χ2v) is 5.57. The summed E-state index contributed by atoms with van der Waals surface area (Å²) in [6, 6.07) is 13.0. The van der Waals surface area contributed by atoms with Gasteiger partial charge in [0.25, 0.3) is 0 Å². The van der Waals surface area contributed by atoms with Crippen LogP contribution in [0, 0.1) is 6.92 Å². The van der Waals surface area contributed by atoms with Gasteiger partial charge in [-0.15, -0.1) is 0 Å². The van der Waals surface area contributed by atoms with Gasteiger partial charge in [-0.2, -0.15) is 13.2 Å². The van der Waals surface area contributed by atoms with E-state index in [2.05, 4.69) is 6.07 Å². The Morgan fingerprint density at radius 1 is 1.00 bits per heavy atom. The summed E-state index contributed by atoms with van der Waals surface area (Å²) in [6.45, 7) is 2.33. The number of hydrogen-bond acceptors (Lipinski definition) is 1. The second kappa shape index (κ2) is 5.65. The quantitative estimate of drug-likeness (QED) is 0.656. The minimum absolute atomic E-state index is 0.301. The summed E-state index contributed by atoms with van der Waals surface area (Å²) < 4.78 is 45.2. The van der Waals surface area contributed by atoms with Crippen LogP contribution in [0.1, 0.15) is 16.8 Å². The molecule has 0 atom stereocenters. The first kappa shape index (κ1) is 15.5. The van der Waals surface area contributed by atoms with Gasteiger partial charge >= 0.3 is 6.18 Å². The van der Waals surface area contributed by atoms with Crippen LogP contribution < -0.4 is 4.74 Å². The molecule has 5 heteroatoms. The molecule has 0 unspecified atom stereocenters. The van der Waals surface area contributed by atoms with Crippen LogP contribution in [0.3, 0.4) is 0 Å². The zero-order chi connectivity index (χ0) is 16.6. The van der Waals surface area contributed by atoms with Gasteiger partial charge in [-0.25, -0.2) is 0 Å². The van der Waals surface area contributed by atoms with E-state index < -0.39 is 11.7 Å². The summed E-state index contributed by atoms with van der Waals surface area (Å²) >= 11 is 0. The maximum Gasteiger partial charge on any atom is 0.416 e. The lowest BCUT2D eigenvalue weighted by Crippen LogP contribution is -2.05. The van der Waals surface area contributed by atoms with Crippen LogP contribution in [-0.2, 0) is 19.8 Å². The average molecular weight is 319 g/mol. The summed E-state index contributed by atoms with van der Waals surface area (Å²) in [5.41, 5.74) is 2.57. The van der Waals surface area contributed by atoms with Crippen LogP contribution in [0.2, 0.25) is 0 Å². The number of hydrogen-bond donors (Lipinski definition) is 0. The van der Waals surface area contributed by atoms with Crippen molar-refractivity contribution in [3.05, 3.63) is 65.4 Å². The molecular weight excluding hydrogens is 303 g/mol. The van der Waals surface area contributed by atoms with E-state index in [1.165, 1.54) is 17.7 Å². The van der Waals surface area contributed by atoms with Crippen LogP contribution in [0.4, 0.5) is 13.2 Å². The highest BCUT2D eigenvalue weighted by Crippen LogP contribution is 2.30. The van der Waals surface area contributed by atoms with Gasteiger partial charge in [-0.05, 0) is 54.3 Å². The minimum Gasteiger partial charge on any atom is -0.487 e. The molecule has 0 bridgehead atoms. The van der Waals surface area contributed by atoms with E-state index in [1.807, 2.05) is 36.7 Å². The number of alkyl halides is 3. The van der Waals surface area contributed by atoms with Gasteiger partial charge in [0.2, 0.25) is 0 Å². The molecule has 120 valence electrons. The Kier molecular flexibility index (Phi) is 3.80. The SMILES string of the molecule is Cc1ccc2cc(COc3ccc(C(F)(F)F)cc3)n(C)c2c1. The monoisotopic (exact) mass is 319 g/mol. The van der Waals surface area contributed by atoms with Gasteiger partial charge in [0.15, 0.2) is 0 Å². The van der Waals surface area contributed by atoms with Crippen molar-refractivity contribution in [2.24, 2.45) is 7.05 Å². The normalized spacial score (nSPS) is 11.9. The molecule has 2 nitrogen and oxygen atoms in total. The number of aromatic nitrogens is 1. The number of nitrogens with zero attached hydrogens (tertiary/aromatic N) is 1. The molecule has 1 aromatic heterocycles. The predicted octanol–water partition coefficient (Wildman–Crippen LogP) is 5.08. The van der Waals surface area contributed by atoms with Crippen molar-refractivity contribution in [2.75, 3.05) is 0 Å². The maximum absolute atomic E-state index is 12.5. The number of benzene rings is 2. The molecule has 23 heavy (non-hydrogen) atoms. The van der Waals surface area contributed by atoms with Crippen molar-refractivity contribution in [3.8, 4) is 5.75 Å². The van der Waals surface area contributed by atoms with Crippen LogP contribution in [-0.4, -0.2) is 4.57 Å². The van der Waals surface area contributed by atoms with Crippen LogP contribution in [0.5, 0.6) is 5.75 Å². The minimum atomic E-state index is -4.33. The lowest BCUT2D eigenvalue weighted by molar-refractivity contribution is -0.137. The van der Waals surface area contributed by atoms with E-state index in [-0.39, 0.29) is 0 Å². The third-order valence-electron chi connectivity index (χ3n) is 3.87. The molecule has 0 amide bonds. The van der Waals surface area contributed by atoms with E-state index in [0.29, 0.717) is 12.4 Å². The lowest BCUT2D eigenvalue weighted by atomic mass is 10.2. The first-order valence-electron chi connectivity index (χ1n) is 7.19. The fourth-order valence-electron chi connectivity index (χ4n) is 2.53. The van der Waals surface area contributed by atoms with E-state index in [4.69, 9.17) is 4.74 Å². The Morgan fingerprint density at radius 3 is 2.35 bits per heavy atom. The molecule has 0 fully saturated rings. The first-order valence-corrected chi connectivity index (χ1v) is 7.19. The standard InChI is InChI=1S/C18H16F3NO/c1-12-3-4-13-10-15(22(2)17(13)9-12)11-23-16-7-5-14(6-8-16)18(19,20)21/h3-10H,11H2,1-2H3. The van der Waals surface area contributed by atoms with Crippen molar-refractivity contribution in [3.63, 3.8) is 0 Å². The summed E-state index contributed by atoms with van der Waals surface area (Å²) in [4.78, 5) is 0. The first-order chi connectivity index (χ1) is 10.8. The Hall–Kier alpha value is -2.43. The molecule has 0 aliphatic carbocycles. The van der Waals surface area contributed by atoms with E-state index in [9.17, 15) is 13.2 Å². The van der Waals surface area contributed by atoms with Crippen LogP contribution >= 0.6 is 0 Å². The highest BCUT2D eigenvalue weighted by molar-refractivity contribution is 5.81. The van der Waals surface area contributed by atoms with E-state index >= 15 is 0 Å². The molecule has 3 rings (SSSR count). The molecule has 0 saturated heterocycles. The molecule has 0 aliphatic heterocycles. The van der Waals surface area contributed by atoms with Gasteiger partial charge in [0.1, 0.15) is 12.4 Å². The fraction of sp³-hybridized carbons (Fsp3) is 0.222. The zero-order valence-electron chi connectivity index (χ0n) is 12.8. The molecule has 1 heterocycles. The Morgan fingerprint density at radius 2 is 1.70 bits per heavy atom. The third-order valence-corrected chi connectivity index (χ3v) is 3.87. The second-order valence-electron chi connectivity index (χ2n) is 5.57. The molecule has 0 aliphatic rings. The van der Waals surface area contributed by atoms with Gasteiger partial charge in [-0.3, -0.25) is 0 Å². The van der Waals surface area contributed by atoms with Gasteiger partial charge in [-0.1, -0.05) is 12.1 Å². The van der Waals surface area contributed by atoms with E-state index in [1.54, 1.807) is 0 Å². The van der Waals surface area contributed by atoms with E-state index in [0.717, 1.165) is 28.7 Å². The molecule has 0 saturated carbocycles. The summed E-state index contributed by atoms with van der Waals surface area (Å²) in [5.74, 6) is 0.416. The van der Waals surface area contributed by atoms with Crippen molar-refractivity contribution in [1.29, 1.82) is 0 Å². The Balaban J connectivity index is 1.77. The number of halogens is 3. The van der Waals surface area contributed by atoms with Gasteiger partial charge in [0, 0.05) is 12.6 Å².